The Bertz CT molecular complexity index is 552. The van der Waals surface area contributed by atoms with Crippen LogP contribution < -0.4 is 5.32 Å². The van der Waals surface area contributed by atoms with Crippen molar-refractivity contribution in [2.24, 2.45) is 0 Å². The highest BCUT2D eigenvalue weighted by Crippen LogP contribution is 2.22. The minimum absolute atomic E-state index is 0.289. The Labute approximate surface area is 105 Å². The summed E-state index contributed by atoms with van der Waals surface area (Å²) >= 11 is 0. The first-order valence-corrected chi connectivity index (χ1v) is 5.84. The largest absolute Gasteiger partial charge is 0.378 e. The van der Waals surface area contributed by atoms with Gasteiger partial charge in [-0.1, -0.05) is 12.1 Å². The number of halogens is 2. The smallest absolute Gasteiger partial charge is 0.128 e. The van der Waals surface area contributed by atoms with Crippen molar-refractivity contribution in [3.05, 3.63) is 65.2 Å². The van der Waals surface area contributed by atoms with Crippen LogP contribution >= 0.6 is 0 Å². The molecule has 0 heterocycles. The molecule has 2 rings (SSSR count). The van der Waals surface area contributed by atoms with Crippen molar-refractivity contribution in [3.63, 3.8) is 0 Å². The van der Waals surface area contributed by atoms with Crippen molar-refractivity contribution in [1.29, 1.82) is 0 Å². The first-order valence-electron chi connectivity index (χ1n) is 5.84. The third-order valence-electron chi connectivity index (χ3n) is 2.83. The summed E-state index contributed by atoms with van der Waals surface area (Å²) in [7, 11) is 0. The molecule has 18 heavy (non-hydrogen) atoms. The molecule has 0 radical (unpaired) electrons. The van der Waals surface area contributed by atoms with Crippen LogP contribution in [-0.2, 0) is 0 Å². The molecule has 0 saturated carbocycles. The molecule has 1 N–H and O–H groups in total. The van der Waals surface area contributed by atoms with E-state index in [1.54, 1.807) is 6.92 Å². The number of hydrogen-bond donors (Lipinski definition) is 1. The monoisotopic (exact) mass is 247 g/mol. The average molecular weight is 247 g/mol. The van der Waals surface area contributed by atoms with Gasteiger partial charge in [0.05, 0.1) is 6.04 Å². The molecule has 0 aromatic heterocycles. The van der Waals surface area contributed by atoms with Gasteiger partial charge in [0.25, 0.3) is 0 Å². The van der Waals surface area contributed by atoms with Crippen molar-refractivity contribution in [1.82, 2.24) is 0 Å². The molecule has 0 spiro atoms. The normalized spacial score (nSPS) is 12.2. The van der Waals surface area contributed by atoms with Gasteiger partial charge in [-0.15, -0.1) is 0 Å². The maximum Gasteiger partial charge on any atom is 0.128 e. The van der Waals surface area contributed by atoms with Gasteiger partial charge >= 0.3 is 0 Å². The Kier molecular flexibility index (Phi) is 3.60. The molecular weight excluding hydrogens is 232 g/mol. The summed E-state index contributed by atoms with van der Waals surface area (Å²) in [5, 5.41) is 3.16. The minimum atomic E-state index is -0.427. The van der Waals surface area contributed by atoms with Gasteiger partial charge < -0.3 is 5.32 Å². The fourth-order valence-corrected chi connectivity index (χ4v) is 1.91. The second kappa shape index (κ2) is 5.17. The lowest BCUT2D eigenvalue weighted by atomic mass is 10.1. The van der Waals surface area contributed by atoms with Crippen LogP contribution in [0.15, 0.2) is 42.5 Å². The molecule has 1 nitrogen and oxygen atoms in total. The van der Waals surface area contributed by atoms with Gasteiger partial charge in [-0.2, -0.15) is 0 Å². The lowest BCUT2D eigenvalue weighted by Crippen LogP contribution is -2.09. The van der Waals surface area contributed by atoms with E-state index < -0.39 is 11.6 Å². The molecule has 1 unspecified atom stereocenters. The van der Waals surface area contributed by atoms with E-state index in [9.17, 15) is 8.78 Å². The highest BCUT2D eigenvalue weighted by Gasteiger charge is 2.11. The highest BCUT2D eigenvalue weighted by molar-refractivity contribution is 5.47. The molecule has 0 bridgehead atoms. The van der Waals surface area contributed by atoms with Crippen molar-refractivity contribution in [2.45, 2.75) is 19.9 Å². The number of rotatable bonds is 3. The summed E-state index contributed by atoms with van der Waals surface area (Å²) in [5.41, 5.74) is 2.34. The van der Waals surface area contributed by atoms with E-state index in [4.69, 9.17) is 0 Å². The number of aryl methyl sites for hydroxylation is 1. The Balaban J connectivity index is 2.21. The molecule has 0 amide bonds. The van der Waals surface area contributed by atoms with Gasteiger partial charge in [-0.05, 0) is 49.7 Å². The van der Waals surface area contributed by atoms with E-state index in [0.29, 0.717) is 5.56 Å². The Morgan fingerprint density at radius 1 is 1.06 bits per heavy atom. The van der Waals surface area contributed by atoms with Crippen LogP contribution in [-0.4, -0.2) is 0 Å². The molecule has 2 aromatic carbocycles. The average Bonchev–Trinajstić information content (AvgIpc) is 2.32. The molecule has 3 heteroatoms. The molecule has 0 aliphatic carbocycles. The van der Waals surface area contributed by atoms with E-state index in [2.05, 4.69) is 5.32 Å². The van der Waals surface area contributed by atoms with Crippen LogP contribution in [0.3, 0.4) is 0 Å². The van der Waals surface area contributed by atoms with Crippen molar-refractivity contribution in [3.8, 4) is 0 Å². The molecular formula is C15H15F2N. The molecule has 0 saturated heterocycles. The Hall–Kier alpha value is -1.90. The summed E-state index contributed by atoms with van der Waals surface area (Å²) < 4.78 is 26.7. The van der Waals surface area contributed by atoms with Crippen LogP contribution in [0.5, 0.6) is 0 Å². The molecule has 0 fully saturated rings. The zero-order valence-electron chi connectivity index (χ0n) is 10.4. The van der Waals surface area contributed by atoms with E-state index in [1.165, 1.54) is 6.07 Å². The number of nitrogens with one attached hydrogen (secondary N) is 1. The summed E-state index contributed by atoms with van der Waals surface area (Å²) in [6, 6.07) is 11.0. The SMILES string of the molecule is Cc1cccc(NC(C)c2cc(F)ccc2F)c1. The van der Waals surface area contributed by atoms with Gasteiger partial charge in [-0.25, -0.2) is 8.78 Å². The van der Waals surface area contributed by atoms with E-state index in [0.717, 1.165) is 23.4 Å². The topological polar surface area (TPSA) is 12.0 Å². The summed E-state index contributed by atoms with van der Waals surface area (Å²) in [6.45, 7) is 3.79. The number of benzene rings is 2. The predicted octanol–water partition coefficient (Wildman–Crippen LogP) is 4.45. The Morgan fingerprint density at radius 2 is 1.83 bits per heavy atom. The molecule has 0 aliphatic rings. The van der Waals surface area contributed by atoms with Gasteiger partial charge in [0.2, 0.25) is 0 Å². The maximum absolute atomic E-state index is 13.6. The second-order valence-electron chi connectivity index (χ2n) is 4.40. The van der Waals surface area contributed by atoms with Crippen LogP contribution in [0.2, 0.25) is 0 Å². The van der Waals surface area contributed by atoms with E-state index in [1.807, 2.05) is 31.2 Å². The highest BCUT2D eigenvalue weighted by atomic mass is 19.1. The number of hydrogen-bond acceptors (Lipinski definition) is 1. The van der Waals surface area contributed by atoms with E-state index in [-0.39, 0.29) is 6.04 Å². The van der Waals surface area contributed by atoms with Crippen molar-refractivity contribution < 1.29 is 8.78 Å². The standard InChI is InChI=1S/C15H15F2N/c1-10-4-3-5-13(8-10)18-11(2)14-9-12(16)6-7-15(14)17/h3-9,11,18H,1-2H3. The first kappa shape index (κ1) is 12.6. The lowest BCUT2D eigenvalue weighted by molar-refractivity contribution is 0.577. The fraction of sp³-hybridized carbons (Fsp3) is 0.200. The fourth-order valence-electron chi connectivity index (χ4n) is 1.91. The summed E-state index contributed by atoms with van der Waals surface area (Å²) in [4.78, 5) is 0. The van der Waals surface area contributed by atoms with Gasteiger partial charge in [-0.3, -0.25) is 0 Å². The minimum Gasteiger partial charge on any atom is -0.378 e. The van der Waals surface area contributed by atoms with Gasteiger partial charge in [0, 0.05) is 11.3 Å². The van der Waals surface area contributed by atoms with Crippen LogP contribution in [0.1, 0.15) is 24.1 Å². The lowest BCUT2D eigenvalue weighted by Gasteiger charge is -2.16. The van der Waals surface area contributed by atoms with Gasteiger partial charge in [0.1, 0.15) is 11.6 Å². The second-order valence-corrected chi connectivity index (χ2v) is 4.40. The van der Waals surface area contributed by atoms with Crippen LogP contribution in [0, 0.1) is 18.6 Å². The predicted molar refractivity (Wildman–Crippen MR) is 69.6 cm³/mol. The van der Waals surface area contributed by atoms with Crippen molar-refractivity contribution in [2.75, 3.05) is 5.32 Å². The van der Waals surface area contributed by atoms with E-state index >= 15 is 0 Å². The third-order valence-corrected chi connectivity index (χ3v) is 2.83. The maximum atomic E-state index is 13.6. The Morgan fingerprint density at radius 3 is 2.56 bits per heavy atom. The van der Waals surface area contributed by atoms with Crippen molar-refractivity contribution >= 4 is 5.69 Å². The zero-order valence-corrected chi connectivity index (χ0v) is 10.4. The number of anilines is 1. The summed E-state index contributed by atoms with van der Waals surface area (Å²) in [5.74, 6) is -0.826. The molecule has 94 valence electrons. The molecule has 2 aromatic rings. The van der Waals surface area contributed by atoms with Gasteiger partial charge in [0.15, 0.2) is 0 Å². The first-order chi connectivity index (χ1) is 8.56. The van der Waals surface area contributed by atoms with Crippen LogP contribution in [0.4, 0.5) is 14.5 Å². The third kappa shape index (κ3) is 2.86. The van der Waals surface area contributed by atoms with Crippen LogP contribution in [0.25, 0.3) is 0 Å². The zero-order chi connectivity index (χ0) is 13.1. The summed E-state index contributed by atoms with van der Waals surface area (Å²) in [6.07, 6.45) is 0. The molecule has 0 aliphatic heterocycles. The molecule has 1 atom stereocenters. The quantitative estimate of drug-likeness (QED) is 0.845.